The number of fused-ring (bicyclic) bond motifs is 1. The van der Waals surface area contributed by atoms with Crippen LogP contribution in [-0.4, -0.2) is 26.3 Å². The first-order valence-electron chi connectivity index (χ1n) is 6.93. The Morgan fingerprint density at radius 3 is 2.18 bits per heavy atom. The van der Waals surface area contributed by atoms with Crippen LogP contribution in [0.15, 0.2) is 48.5 Å². The molecule has 112 valence electrons. The average Bonchev–Trinajstić information content (AvgIpc) is 2.60. The quantitative estimate of drug-likeness (QED) is 0.731. The molecule has 0 bridgehead atoms. The van der Waals surface area contributed by atoms with E-state index in [9.17, 15) is 0 Å². The molecule has 0 saturated heterocycles. The highest BCUT2D eigenvalue weighted by atomic mass is 16.5. The maximum absolute atomic E-state index is 5.50. The Labute approximate surface area is 129 Å². The van der Waals surface area contributed by atoms with E-state index >= 15 is 0 Å². The summed E-state index contributed by atoms with van der Waals surface area (Å²) in [6, 6.07) is 15.6. The van der Waals surface area contributed by atoms with E-state index in [1.807, 2.05) is 48.5 Å². The second kappa shape index (κ2) is 5.93. The van der Waals surface area contributed by atoms with Crippen LogP contribution in [0.3, 0.4) is 0 Å². The van der Waals surface area contributed by atoms with Crippen LogP contribution in [0.1, 0.15) is 0 Å². The molecule has 22 heavy (non-hydrogen) atoms. The molecule has 0 saturated carbocycles. The molecule has 1 aromatic heterocycles. The number of para-hydroxylation sites is 1. The fourth-order valence-electron chi connectivity index (χ4n) is 2.46. The summed E-state index contributed by atoms with van der Waals surface area (Å²) in [5.41, 5.74) is 2.67. The van der Waals surface area contributed by atoms with Crippen LogP contribution in [-0.2, 0) is 0 Å². The zero-order valence-electron chi connectivity index (χ0n) is 12.8. The van der Waals surface area contributed by atoms with Crippen molar-refractivity contribution in [3.05, 3.63) is 48.5 Å². The number of nitrogens with zero attached hydrogens (tertiary/aromatic N) is 1. The average molecular weight is 295 g/mol. The molecule has 0 aliphatic carbocycles. The Kier molecular flexibility index (Phi) is 3.83. The van der Waals surface area contributed by atoms with Gasteiger partial charge in [0.2, 0.25) is 0 Å². The number of pyridine rings is 1. The van der Waals surface area contributed by atoms with Gasteiger partial charge in [-0.15, -0.1) is 0 Å². The molecule has 4 nitrogen and oxygen atoms in total. The Balaban J connectivity index is 2.17. The SMILES string of the molecule is COc1ccc(-c2cc(OC)c3ccccc3n2)cc1OC. The van der Waals surface area contributed by atoms with Gasteiger partial charge in [-0.1, -0.05) is 12.1 Å². The third kappa shape index (κ3) is 2.44. The molecular weight excluding hydrogens is 278 g/mol. The highest BCUT2D eigenvalue weighted by Gasteiger charge is 2.10. The maximum atomic E-state index is 5.50. The summed E-state index contributed by atoms with van der Waals surface area (Å²) in [6.45, 7) is 0. The maximum Gasteiger partial charge on any atom is 0.161 e. The fraction of sp³-hybridized carbons (Fsp3) is 0.167. The lowest BCUT2D eigenvalue weighted by Gasteiger charge is -2.11. The molecule has 3 aromatic rings. The number of rotatable bonds is 4. The second-order valence-electron chi connectivity index (χ2n) is 4.80. The van der Waals surface area contributed by atoms with E-state index in [2.05, 4.69) is 0 Å². The molecule has 3 rings (SSSR count). The van der Waals surface area contributed by atoms with Crippen molar-refractivity contribution in [3.63, 3.8) is 0 Å². The predicted molar refractivity (Wildman–Crippen MR) is 86.8 cm³/mol. The molecule has 1 heterocycles. The lowest BCUT2D eigenvalue weighted by atomic mass is 10.1. The summed E-state index contributed by atoms with van der Waals surface area (Å²) in [5, 5.41) is 0.995. The predicted octanol–water partition coefficient (Wildman–Crippen LogP) is 3.93. The Morgan fingerprint density at radius 1 is 0.727 bits per heavy atom. The molecule has 0 radical (unpaired) electrons. The van der Waals surface area contributed by atoms with Gasteiger partial charge in [-0.25, -0.2) is 4.98 Å². The van der Waals surface area contributed by atoms with Crippen LogP contribution in [0, 0.1) is 0 Å². The van der Waals surface area contributed by atoms with Crippen molar-refractivity contribution in [2.45, 2.75) is 0 Å². The van der Waals surface area contributed by atoms with Crippen LogP contribution in [0.5, 0.6) is 17.2 Å². The van der Waals surface area contributed by atoms with Crippen LogP contribution in [0.25, 0.3) is 22.2 Å². The standard InChI is InChI=1S/C18H17NO3/c1-20-16-9-8-12(10-18(16)22-3)15-11-17(21-2)13-6-4-5-7-14(13)19-15/h4-11H,1-3H3. The van der Waals surface area contributed by atoms with Crippen LogP contribution in [0.4, 0.5) is 0 Å². The van der Waals surface area contributed by atoms with Gasteiger partial charge in [0.1, 0.15) is 5.75 Å². The van der Waals surface area contributed by atoms with Crippen molar-refractivity contribution in [1.82, 2.24) is 4.98 Å². The first-order chi connectivity index (χ1) is 10.8. The summed E-state index contributed by atoms with van der Waals surface area (Å²) in [7, 11) is 4.91. The summed E-state index contributed by atoms with van der Waals surface area (Å²) in [6.07, 6.45) is 0. The van der Waals surface area contributed by atoms with E-state index in [0.29, 0.717) is 11.5 Å². The molecule has 0 atom stereocenters. The van der Waals surface area contributed by atoms with Gasteiger partial charge in [0.15, 0.2) is 11.5 Å². The molecule has 0 unspecified atom stereocenters. The molecule has 0 spiro atoms. The topological polar surface area (TPSA) is 40.6 Å². The van der Waals surface area contributed by atoms with E-state index in [0.717, 1.165) is 27.9 Å². The number of aromatic nitrogens is 1. The number of hydrogen-bond acceptors (Lipinski definition) is 4. The Morgan fingerprint density at radius 2 is 1.45 bits per heavy atom. The highest BCUT2D eigenvalue weighted by molar-refractivity contribution is 5.88. The van der Waals surface area contributed by atoms with Crippen molar-refractivity contribution in [3.8, 4) is 28.5 Å². The van der Waals surface area contributed by atoms with Gasteiger partial charge in [-0.3, -0.25) is 0 Å². The summed E-state index contributed by atoms with van der Waals surface area (Å²) in [5.74, 6) is 2.17. The first-order valence-corrected chi connectivity index (χ1v) is 6.93. The minimum Gasteiger partial charge on any atom is -0.496 e. The zero-order valence-corrected chi connectivity index (χ0v) is 12.8. The van der Waals surface area contributed by atoms with Crippen molar-refractivity contribution in [1.29, 1.82) is 0 Å². The Hall–Kier alpha value is -2.75. The molecule has 0 amide bonds. The largest absolute Gasteiger partial charge is 0.496 e. The monoisotopic (exact) mass is 295 g/mol. The van der Waals surface area contributed by atoms with Gasteiger partial charge in [0.25, 0.3) is 0 Å². The van der Waals surface area contributed by atoms with E-state index in [4.69, 9.17) is 19.2 Å². The normalized spacial score (nSPS) is 10.5. The van der Waals surface area contributed by atoms with E-state index < -0.39 is 0 Å². The second-order valence-corrected chi connectivity index (χ2v) is 4.80. The minimum absolute atomic E-state index is 0.675. The molecule has 4 heteroatoms. The third-order valence-corrected chi connectivity index (χ3v) is 3.58. The van der Waals surface area contributed by atoms with Gasteiger partial charge in [0.05, 0.1) is 32.5 Å². The van der Waals surface area contributed by atoms with E-state index in [1.54, 1.807) is 21.3 Å². The van der Waals surface area contributed by atoms with Crippen molar-refractivity contribution in [2.75, 3.05) is 21.3 Å². The van der Waals surface area contributed by atoms with Crippen LogP contribution in [0.2, 0.25) is 0 Å². The van der Waals surface area contributed by atoms with Gasteiger partial charge in [-0.05, 0) is 30.3 Å². The first kappa shape index (κ1) is 14.2. The van der Waals surface area contributed by atoms with Gasteiger partial charge in [0, 0.05) is 17.0 Å². The van der Waals surface area contributed by atoms with E-state index in [-0.39, 0.29) is 0 Å². The third-order valence-electron chi connectivity index (χ3n) is 3.58. The number of ether oxygens (including phenoxy) is 3. The summed E-state index contributed by atoms with van der Waals surface area (Å²) in [4.78, 5) is 4.71. The van der Waals surface area contributed by atoms with E-state index in [1.165, 1.54) is 0 Å². The molecular formula is C18H17NO3. The van der Waals surface area contributed by atoms with Gasteiger partial charge in [-0.2, -0.15) is 0 Å². The Bertz CT molecular complexity index is 815. The number of methoxy groups -OCH3 is 3. The minimum atomic E-state index is 0.675. The lowest BCUT2D eigenvalue weighted by Crippen LogP contribution is -1.93. The molecule has 0 aliphatic rings. The van der Waals surface area contributed by atoms with Gasteiger partial charge < -0.3 is 14.2 Å². The smallest absolute Gasteiger partial charge is 0.161 e. The summed E-state index contributed by atoms with van der Waals surface area (Å²) < 4.78 is 16.1. The van der Waals surface area contributed by atoms with Crippen LogP contribution >= 0.6 is 0 Å². The van der Waals surface area contributed by atoms with Crippen molar-refractivity contribution >= 4 is 10.9 Å². The molecule has 0 N–H and O–H groups in total. The lowest BCUT2D eigenvalue weighted by molar-refractivity contribution is 0.355. The zero-order chi connectivity index (χ0) is 15.5. The molecule has 2 aromatic carbocycles. The fourth-order valence-corrected chi connectivity index (χ4v) is 2.46. The van der Waals surface area contributed by atoms with Crippen LogP contribution < -0.4 is 14.2 Å². The summed E-state index contributed by atoms with van der Waals surface area (Å²) >= 11 is 0. The highest BCUT2D eigenvalue weighted by Crippen LogP contribution is 2.34. The molecule has 0 aliphatic heterocycles. The van der Waals surface area contributed by atoms with Crippen molar-refractivity contribution < 1.29 is 14.2 Å². The number of hydrogen-bond donors (Lipinski definition) is 0. The van der Waals surface area contributed by atoms with Gasteiger partial charge >= 0.3 is 0 Å². The number of benzene rings is 2. The van der Waals surface area contributed by atoms with Crippen molar-refractivity contribution in [2.24, 2.45) is 0 Å². The molecule has 0 fully saturated rings.